The van der Waals surface area contributed by atoms with Crippen LogP contribution in [-0.2, 0) is 79.3 Å². The first-order valence-electron chi connectivity index (χ1n) is 27.0. The molecule has 0 saturated carbocycles. The van der Waals surface area contributed by atoms with Crippen molar-refractivity contribution in [2.24, 2.45) is 0 Å². The van der Waals surface area contributed by atoms with Crippen molar-refractivity contribution < 1.29 is 174 Å². The monoisotopic (exact) mass is 1230 g/mol. The van der Waals surface area contributed by atoms with Crippen molar-refractivity contribution in [3.8, 4) is 0 Å². The summed E-state index contributed by atoms with van der Waals surface area (Å²) in [6, 6.07) is 0. The SMILES string of the molecule is OCCc1cn(C[C@H]2O[C@@H]3O[C@H]4[C@H](O)[C@@H](O)[C@@H](O[C@H]5[C@H](O)[C@@H](O)[C@@H](O[C@H]6[C@H](O)[C@@H](O)[C@@H](O[C@H]7[C@H](O)[C@@H](O)[C@@H](O[C@H]8[C@H](O)[C@@H](O)[C@@H](O[C@H]9[C@H](O)[C@@H](O)[C@@H](O[C@H]2[C@H](O)[C@H]3O)O[C@@H]9CO)O[C@@H]8CO)O[C@@H]7CO)O[C@@H]6CO)O[C@@H]5CO)O[C@@H]4CO)nn1. The average molecular weight is 1230 g/mol. The predicted molar refractivity (Wildman–Crippen MR) is 252 cm³/mol. The van der Waals surface area contributed by atoms with E-state index < -0.39 is 261 Å². The van der Waals surface area contributed by atoms with Gasteiger partial charge < -0.3 is 174 Å². The maximum atomic E-state index is 11.8. The Hall–Kier alpha value is -2.26. The molecule has 0 radical (unpaired) electrons. The number of aromatic nitrogens is 3. The molecule has 35 atom stereocenters. The molecule has 0 aromatic carbocycles. The van der Waals surface area contributed by atoms with Gasteiger partial charge in [0.2, 0.25) is 0 Å². The smallest absolute Gasteiger partial charge is 0.187 e. The highest BCUT2D eigenvalue weighted by Gasteiger charge is 2.59. The lowest BCUT2D eigenvalue weighted by molar-refractivity contribution is -0.396. The summed E-state index contributed by atoms with van der Waals surface area (Å²) in [6.45, 7) is -7.13. The van der Waals surface area contributed by atoms with Gasteiger partial charge in [-0.15, -0.1) is 5.10 Å². The quantitative estimate of drug-likeness (QED) is 0.103. The van der Waals surface area contributed by atoms with Gasteiger partial charge >= 0.3 is 0 Å². The number of hydrogen-bond donors (Lipinski definition) is 21. The molecule has 22 heterocycles. The molecule has 0 spiro atoms. The van der Waals surface area contributed by atoms with Crippen LogP contribution in [0.4, 0.5) is 0 Å². The Morgan fingerprint density at radius 1 is 0.286 bits per heavy atom. The van der Waals surface area contributed by atoms with E-state index in [0.717, 1.165) is 4.68 Å². The fourth-order valence-electron chi connectivity index (χ4n) is 11.3. The van der Waals surface area contributed by atoms with Crippen molar-refractivity contribution >= 4 is 0 Å². The lowest BCUT2D eigenvalue weighted by atomic mass is 9.95. The second kappa shape index (κ2) is 28.3. The van der Waals surface area contributed by atoms with Crippen LogP contribution in [0.1, 0.15) is 5.69 Å². The van der Waals surface area contributed by atoms with Crippen molar-refractivity contribution in [2.45, 2.75) is 228 Å². The summed E-state index contributed by atoms with van der Waals surface area (Å²) in [5, 5.41) is 241. The van der Waals surface area contributed by atoms with E-state index in [9.17, 15) is 107 Å². The third-order valence-electron chi connectivity index (χ3n) is 15.9. The minimum Gasteiger partial charge on any atom is -0.396 e. The summed E-state index contributed by atoms with van der Waals surface area (Å²) in [7, 11) is 0. The molecule has 38 nitrogen and oxygen atoms in total. The zero-order valence-electron chi connectivity index (χ0n) is 44.1. The lowest BCUT2D eigenvalue weighted by Crippen LogP contribution is -2.68. The lowest BCUT2D eigenvalue weighted by Gasteiger charge is -2.50. The highest BCUT2D eigenvalue weighted by Crippen LogP contribution is 2.39. The van der Waals surface area contributed by atoms with E-state index >= 15 is 0 Å². The topological polar surface area (TPSA) is 585 Å². The molecule has 0 aliphatic carbocycles. The molecule has 21 aliphatic heterocycles. The average Bonchev–Trinajstić information content (AvgIpc) is 1.60. The molecule has 22 rings (SSSR count). The first kappa shape index (κ1) is 66.2. The van der Waals surface area contributed by atoms with E-state index in [-0.39, 0.29) is 18.7 Å². The van der Waals surface area contributed by atoms with Gasteiger partial charge in [0.1, 0.15) is 171 Å². The second-order valence-electron chi connectivity index (χ2n) is 21.4. The van der Waals surface area contributed by atoms with Crippen molar-refractivity contribution in [3.63, 3.8) is 0 Å². The van der Waals surface area contributed by atoms with E-state index in [1.165, 1.54) is 6.20 Å². The molecule has 38 heteroatoms. The minimum absolute atomic E-state index is 0.0331. The van der Waals surface area contributed by atoms with Gasteiger partial charge in [-0.1, -0.05) is 5.21 Å². The Morgan fingerprint density at radius 2 is 0.488 bits per heavy atom. The van der Waals surface area contributed by atoms with E-state index in [1.807, 2.05) is 0 Å². The van der Waals surface area contributed by atoms with Crippen LogP contribution in [0, 0.1) is 0 Å². The van der Waals surface area contributed by atoms with Gasteiger partial charge in [-0.25, -0.2) is 4.68 Å². The summed E-state index contributed by atoms with van der Waals surface area (Å²) in [5.74, 6) is 0. The Morgan fingerprint density at radius 3 is 0.690 bits per heavy atom. The van der Waals surface area contributed by atoms with E-state index in [2.05, 4.69) is 10.3 Å². The number of hydrogen-bond acceptors (Lipinski definition) is 37. The summed E-state index contributed by atoms with van der Waals surface area (Å²) >= 11 is 0. The number of aliphatic hydroxyl groups is 21. The highest BCUT2D eigenvalue weighted by molar-refractivity contribution is 5.02. The van der Waals surface area contributed by atoms with Gasteiger partial charge in [0.15, 0.2) is 44.0 Å². The van der Waals surface area contributed by atoms with Gasteiger partial charge in [0, 0.05) is 19.2 Å². The van der Waals surface area contributed by atoms with Crippen LogP contribution in [0.3, 0.4) is 0 Å². The molecule has 1 aromatic rings. The first-order chi connectivity index (χ1) is 40.1. The van der Waals surface area contributed by atoms with Crippen molar-refractivity contribution in [2.75, 3.05) is 46.2 Å². The van der Waals surface area contributed by atoms with Crippen LogP contribution in [0.15, 0.2) is 6.20 Å². The summed E-state index contributed by atoms with van der Waals surface area (Å²) in [6.07, 6.45) is -69.1. The van der Waals surface area contributed by atoms with Crippen molar-refractivity contribution in [1.82, 2.24) is 15.0 Å². The number of rotatable bonds is 10. The summed E-state index contributed by atoms with van der Waals surface area (Å²) in [4.78, 5) is 0. The Kier molecular flexibility index (Phi) is 22.3. The van der Waals surface area contributed by atoms with E-state index in [4.69, 9.17) is 66.3 Å². The Labute approximate surface area is 474 Å². The largest absolute Gasteiger partial charge is 0.396 e. The molecular formula is C46H75N3O35. The van der Waals surface area contributed by atoms with Crippen LogP contribution in [-0.4, -0.2) is 383 Å². The molecule has 21 N–H and O–H groups in total. The predicted octanol–water partition coefficient (Wildman–Crippen LogP) is -15.4. The maximum absolute atomic E-state index is 11.8. The maximum Gasteiger partial charge on any atom is 0.187 e. The first-order valence-corrected chi connectivity index (χ1v) is 27.0. The molecule has 0 unspecified atom stereocenters. The number of aliphatic hydroxyl groups excluding tert-OH is 21. The molecule has 0 amide bonds. The van der Waals surface area contributed by atoms with Gasteiger partial charge in [-0.05, 0) is 0 Å². The standard InChI is InChI=1S/C46H75N3O35/c50-2-1-11-3-49(48-47-11)4-12-33-19(57)26(64)40(71-12)79-34-13(5-51)73-42(28(66)21(34)59)81-36-15(7-53)75-44(30(68)23(36)61)83-38-17(9-55)77-46(32(70)25(38)63)84-39-18(10-56)76-45(31(69)24(39)62)82-37-16(8-54)74-43(29(67)22(37)60)80-35-14(6-52)72-41(78-33)27(65)20(35)58/h3,12-46,50-70H,1-2,4-10H2/t12-,13-,14-,15-,16-,17-,18-,19-,20-,21-,22-,23-,24-,25-,26-,27-,28-,29-,30-,31-,32-,33-,34-,35-,36-,37-,38-,39-,40-,41-,42-,43-,44-,45-,46-/m1/s1. The van der Waals surface area contributed by atoms with E-state index in [0.29, 0.717) is 0 Å². The highest BCUT2D eigenvalue weighted by atomic mass is 16.8. The fraction of sp³-hybridized carbons (Fsp3) is 0.957. The van der Waals surface area contributed by atoms with Gasteiger partial charge in [0.25, 0.3) is 0 Å². The third-order valence-corrected chi connectivity index (χ3v) is 15.9. The molecule has 21 fully saturated rings. The van der Waals surface area contributed by atoms with Crippen molar-refractivity contribution in [3.05, 3.63) is 11.9 Å². The van der Waals surface area contributed by atoms with Crippen LogP contribution < -0.4 is 0 Å². The molecule has 14 bridgehead atoms. The third kappa shape index (κ3) is 13.2. The van der Waals surface area contributed by atoms with Crippen molar-refractivity contribution in [1.29, 1.82) is 0 Å². The molecule has 21 saturated heterocycles. The summed E-state index contributed by atoms with van der Waals surface area (Å²) < 4.78 is 82.2. The summed E-state index contributed by atoms with van der Waals surface area (Å²) in [5.41, 5.74) is 0.267. The fourth-order valence-corrected chi connectivity index (χ4v) is 11.3. The van der Waals surface area contributed by atoms with Crippen LogP contribution >= 0.6 is 0 Å². The van der Waals surface area contributed by atoms with Crippen LogP contribution in [0.25, 0.3) is 0 Å². The molecule has 84 heavy (non-hydrogen) atoms. The second-order valence-corrected chi connectivity index (χ2v) is 21.4. The number of ether oxygens (including phenoxy) is 14. The van der Waals surface area contributed by atoms with Crippen LogP contribution in [0.2, 0.25) is 0 Å². The van der Waals surface area contributed by atoms with Gasteiger partial charge in [-0.3, -0.25) is 0 Å². The van der Waals surface area contributed by atoms with Gasteiger partial charge in [0.05, 0.1) is 51.9 Å². The molecule has 484 valence electrons. The van der Waals surface area contributed by atoms with Crippen LogP contribution in [0.5, 0.6) is 0 Å². The molecule has 1 aromatic heterocycles. The molecular weight excluding hydrogens is 1150 g/mol. The zero-order chi connectivity index (χ0) is 60.7. The molecule has 21 aliphatic rings. The normalized spacial score (nSPS) is 51.8. The van der Waals surface area contributed by atoms with Gasteiger partial charge in [-0.2, -0.15) is 0 Å². The minimum atomic E-state index is -2.22. The number of nitrogens with zero attached hydrogens (tertiary/aromatic N) is 3. The Balaban J connectivity index is 1.02. The zero-order valence-corrected chi connectivity index (χ0v) is 44.1. The van der Waals surface area contributed by atoms with E-state index in [1.54, 1.807) is 0 Å². The Bertz CT molecular complexity index is 2190.